The molecule has 32 heavy (non-hydrogen) atoms. The molecule has 158 valence electrons. The van der Waals surface area contributed by atoms with E-state index in [1.807, 2.05) is 54.6 Å². The Bertz CT molecular complexity index is 1500. The fourth-order valence-corrected chi connectivity index (χ4v) is 5.33. The Morgan fingerprint density at radius 3 is 2.31 bits per heavy atom. The van der Waals surface area contributed by atoms with Gasteiger partial charge in [-0.2, -0.15) is 0 Å². The molecule has 0 atom stereocenters. The second kappa shape index (κ2) is 8.28. The number of hydrogen-bond donors (Lipinski definition) is 1. The molecule has 5 rings (SSSR count). The number of fused-ring (bicyclic) bond motifs is 3. The van der Waals surface area contributed by atoms with Crippen LogP contribution in [0.4, 0.5) is 0 Å². The number of hydrogen-bond acceptors (Lipinski definition) is 1. The molecule has 6 heteroatoms. The van der Waals surface area contributed by atoms with Gasteiger partial charge in [-0.3, -0.25) is 4.79 Å². The number of aromatic nitrogens is 1. The number of nitrogens with zero attached hydrogens (tertiary/aromatic N) is 1. The fourth-order valence-electron chi connectivity index (χ4n) is 4.27. The van der Waals surface area contributed by atoms with E-state index in [0.29, 0.717) is 22.2 Å². The highest BCUT2D eigenvalue weighted by atomic mass is 79.9. The van der Waals surface area contributed by atoms with Crippen LogP contribution >= 0.6 is 39.1 Å². The van der Waals surface area contributed by atoms with Crippen LogP contribution in [0.25, 0.3) is 32.9 Å². The topological polar surface area (TPSA) is 48.0 Å². The molecule has 1 aromatic heterocycles. The molecule has 0 saturated carbocycles. The van der Waals surface area contributed by atoms with Gasteiger partial charge in [-0.05, 0) is 53.6 Å². The Labute approximate surface area is 203 Å². The summed E-state index contributed by atoms with van der Waals surface area (Å²) in [6.45, 7) is 0.626. The van der Waals surface area contributed by atoms with Gasteiger partial charge in [0.25, 0.3) is 0 Å². The summed E-state index contributed by atoms with van der Waals surface area (Å²) in [5.41, 5.74) is 11.0. The van der Waals surface area contributed by atoms with Crippen molar-refractivity contribution in [3.63, 3.8) is 0 Å². The predicted octanol–water partition coefficient (Wildman–Crippen LogP) is 7.68. The summed E-state index contributed by atoms with van der Waals surface area (Å²) in [4.78, 5) is 12.2. The van der Waals surface area contributed by atoms with Crippen molar-refractivity contribution in [1.82, 2.24) is 4.57 Å². The molecular weight excluding hydrogens is 507 g/mol. The van der Waals surface area contributed by atoms with Gasteiger partial charge < -0.3 is 10.3 Å². The minimum Gasteiger partial charge on any atom is -0.366 e. The van der Waals surface area contributed by atoms with Crippen molar-refractivity contribution >= 4 is 66.8 Å². The van der Waals surface area contributed by atoms with Crippen molar-refractivity contribution in [2.45, 2.75) is 6.54 Å². The Hall–Kier alpha value is -2.79. The minimum absolute atomic E-state index is 0.449. The van der Waals surface area contributed by atoms with Crippen LogP contribution < -0.4 is 5.73 Å². The molecule has 3 nitrogen and oxygen atoms in total. The molecule has 0 radical (unpaired) electrons. The first-order chi connectivity index (χ1) is 15.4. The van der Waals surface area contributed by atoms with Gasteiger partial charge in [0.2, 0.25) is 5.91 Å². The lowest BCUT2D eigenvalue weighted by molar-refractivity contribution is 0.100. The lowest BCUT2D eigenvalue weighted by Gasteiger charge is -2.11. The summed E-state index contributed by atoms with van der Waals surface area (Å²) in [6, 6.07) is 25.4. The van der Waals surface area contributed by atoms with Gasteiger partial charge in [0.15, 0.2) is 0 Å². The van der Waals surface area contributed by atoms with Crippen LogP contribution in [0.3, 0.4) is 0 Å². The number of amides is 1. The van der Waals surface area contributed by atoms with E-state index in [0.717, 1.165) is 43.0 Å². The van der Waals surface area contributed by atoms with Crippen molar-refractivity contribution in [3.8, 4) is 11.1 Å². The van der Waals surface area contributed by atoms with Crippen molar-refractivity contribution in [3.05, 3.63) is 105 Å². The molecule has 0 aliphatic carbocycles. The summed E-state index contributed by atoms with van der Waals surface area (Å²) >= 11 is 16.5. The van der Waals surface area contributed by atoms with E-state index in [1.165, 1.54) is 0 Å². The zero-order valence-electron chi connectivity index (χ0n) is 16.8. The average Bonchev–Trinajstić information content (AvgIpc) is 3.07. The van der Waals surface area contributed by atoms with Crippen LogP contribution in [0.5, 0.6) is 0 Å². The van der Waals surface area contributed by atoms with Gasteiger partial charge in [0.1, 0.15) is 0 Å². The minimum atomic E-state index is -0.449. The van der Waals surface area contributed by atoms with Gasteiger partial charge in [0, 0.05) is 43.0 Å². The third-order valence-corrected chi connectivity index (χ3v) is 6.76. The van der Waals surface area contributed by atoms with Crippen LogP contribution in [0, 0.1) is 0 Å². The second-order valence-corrected chi connectivity index (χ2v) is 9.34. The van der Waals surface area contributed by atoms with E-state index in [9.17, 15) is 4.79 Å². The lowest BCUT2D eigenvalue weighted by Crippen LogP contribution is -2.11. The maximum absolute atomic E-state index is 12.2. The van der Waals surface area contributed by atoms with Gasteiger partial charge in [0.05, 0.1) is 11.0 Å². The molecule has 1 amide bonds. The Morgan fingerprint density at radius 2 is 1.59 bits per heavy atom. The summed E-state index contributed by atoms with van der Waals surface area (Å²) in [6.07, 6.45) is 0. The molecule has 0 saturated heterocycles. The third-order valence-electron chi connectivity index (χ3n) is 5.64. The van der Waals surface area contributed by atoms with E-state index < -0.39 is 5.91 Å². The predicted molar refractivity (Wildman–Crippen MR) is 137 cm³/mol. The number of primary amides is 1. The van der Waals surface area contributed by atoms with Crippen molar-refractivity contribution in [1.29, 1.82) is 0 Å². The summed E-state index contributed by atoms with van der Waals surface area (Å²) in [7, 11) is 0. The number of carbonyl (C=O) groups excluding carboxylic acids is 1. The summed E-state index contributed by atoms with van der Waals surface area (Å²) in [5.74, 6) is -0.449. The quantitative estimate of drug-likeness (QED) is 0.258. The summed E-state index contributed by atoms with van der Waals surface area (Å²) in [5, 5.41) is 2.98. The van der Waals surface area contributed by atoms with E-state index in [1.54, 1.807) is 6.07 Å². The molecular formula is C26H17BrCl2N2O. The van der Waals surface area contributed by atoms with Crippen LogP contribution in [0.2, 0.25) is 10.0 Å². The Balaban J connectivity index is 1.84. The number of halogens is 3. The SMILES string of the molecule is NC(=O)c1cccc2c1c1ccc(-c3c(Cl)cccc3Cl)cc1n2Cc1cccc(Br)c1. The van der Waals surface area contributed by atoms with Crippen molar-refractivity contribution in [2.24, 2.45) is 5.73 Å². The van der Waals surface area contributed by atoms with Gasteiger partial charge in [-0.1, -0.05) is 75.5 Å². The molecule has 2 N–H and O–H groups in total. The van der Waals surface area contributed by atoms with E-state index >= 15 is 0 Å². The molecule has 0 bridgehead atoms. The van der Waals surface area contributed by atoms with Crippen LogP contribution in [0.1, 0.15) is 15.9 Å². The largest absolute Gasteiger partial charge is 0.366 e. The molecule has 0 spiro atoms. The first-order valence-electron chi connectivity index (χ1n) is 9.97. The highest BCUT2D eigenvalue weighted by molar-refractivity contribution is 9.10. The van der Waals surface area contributed by atoms with Crippen LogP contribution in [-0.4, -0.2) is 10.5 Å². The van der Waals surface area contributed by atoms with Crippen LogP contribution in [-0.2, 0) is 6.54 Å². The summed E-state index contributed by atoms with van der Waals surface area (Å²) < 4.78 is 3.21. The lowest BCUT2D eigenvalue weighted by atomic mass is 10.0. The highest BCUT2D eigenvalue weighted by Crippen LogP contribution is 2.39. The van der Waals surface area contributed by atoms with Gasteiger partial charge in [-0.15, -0.1) is 0 Å². The number of rotatable bonds is 4. The molecule has 4 aromatic carbocycles. The normalized spacial score (nSPS) is 11.3. The smallest absolute Gasteiger partial charge is 0.249 e. The Morgan fingerprint density at radius 1 is 0.875 bits per heavy atom. The molecule has 0 unspecified atom stereocenters. The maximum Gasteiger partial charge on any atom is 0.249 e. The first kappa shape index (κ1) is 21.1. The molecule has 1 heterocycles. The standard InChI is InChI=1S/C26H17BrCl2N2O/c27-17-5-1-4-15(12-17)14-31-22-9-2-6-19(26(30)32)25(22)18-11-10-16(13-23(18)31)24-20(28)7-3-8-21(24)29/h1-13H,14H2,(H2,30,32). The highest BCUT2D eigenvalue weighted by Gasteiger charge is 2.18. The zero-order valence-corrected chi connectivity index (χ0v) is 19.9. The molecule has 0 aliphatic heterocycles. The van der Waals surface area contributed by atoms with Crippen molar-refractivity contribution in [2.75, 3.05) is 0 Å². The monoisotopic (exact) mass is 522 g/mol. The van der Waals surface area contributed by atoms with E-state index in [2.05, 4.69) is 38.7 Å². The first-order valence-corrected chi connectivity index (χ1v) is 11.5. The molecule has 5 aromatic rings. The number of nitrogens with two attached hydrogens (primary N) is 1. The van der Waals surface area contributed by atoms with Crippen LogP contribution in [0.15, 0.2) is 83.3 Å². The fraction of sp³-hybridized carbons (Fsp3) is 0.0385. The van der Waals surface area contributed by atoms with E-state index in [4.69, 9.17) is 28.9 Å². The van der Waals surface area contributed by atoms with Gasteiger partial charge >= 0.3 is 0 Å². The third kappa shape index (κ3) is 3.58. The van der Waals surface area contributed by atoms with E-state index in [-0.39, 0.29) is 0 Å². The number of carbonyl (C=O) groups is 1. The van der Waals surface area contributed by atoms with Crippen molar-refractivity contribution < 1.29 is 4.79 Å². The number of benzene rings is 4. The molecule has 0 fully saturated rings. The Kier molecular flexibility index (Phi) is 5.46. The van der Waals surface area contributed by atoms with Gasteiger partial charge in [-0.25, -0.2) is 0 Å². The zero-order chi connectivity index (χ0) is 22.4. The second-order valence-electron chi connectivity index (χ2n) is 7.61. The molecule has 0 aliphatic rings. The maximum atomic E-state index is 12.2. The average molecular weight is 524 g/mol.